The summed E-state index contributed by atoms with van der Waals surface area (Å²) < 4.78 is 32.1. The molecule has 0 heterocycles. The van der Waals surface area contributed by atoms with Gasteiger partial charge in [0.05, 0.1) is 17.1 Å². The largest absolute Gasteiger partial charge is 0.462 e. The SMILES string of the molecule is CCOC(=O)c1ccc(S(=O)(=O)N(CCN)CCc2ccccc2)cc1. The molecule has 26 heavy (non-hydrogen) atoms. The van der Waals surface area contributed by atoms with E-state index in [1.54, 1.807) is 6.92 Å². The number of benzene rings is 2. The minimum absolute atomic E-state index is 0.132. The third-order valence-corrected chi connectivity index (χ3v) is 5.79. The maximum absolute atomic E-state index is 12.9. The van der Waals surface area contributed by atoms with Crippen LogP contribution < -0.4 is 5.73 Å². The standard InChI is InChI=1S/C19H24N2O4S/c1-2-25-19(22)17-8-10-18(11-9-17)26(23,24)21(15-13-20)14-12-16-6-4-3-5-7-16/h3-11H,2,12-15,20H2,1H3. The second kappa shape index (κ2) is 9.47. The number of carbonyl (C=O) groups is 1. The highest BCUT2D eigenvalue weighted by atomic mass is 32.2. The molecule has 0 atom stereocenters. The molecule has 0 saturated heterocycles. The lowest BCUT2D eigenvalue weighted by Crippen LogP contribution is -2.36. The Labute approximate surface area is 154 Å². The zero-order valence-electron chi connectivity index (χ0n) is 14.8. The van der Waals surface area contributed by atoms with Crippen molar-refractivity contribution in [1.29, 1.82) is 0 Å². The van der Waals surface area contributed by atoms with Crippen molar-refractivity contribution in [3.63, 3.8) is 0 Å². The van der Waals surface area contributed by atoms with E-state index in [4.69, 9.17) is 10.5 Å². The van der Waals surface area contributed by atoms with Gasteiger partial charge >= 0.3 is 5.97 Å². The summed E-state index contributed by atoms with van der Waals surface area (Å²) in [6.07, 6.45) is 0.598. The molecule has 2 aromatic carbocycles. The lowest BCUT2D eigenvalue weighted by Gasteiger charge is -2.21. The minimum Gasteiger partial charge on any atom is -0.462 e. The summed E-state index contributed by atoms with van der Waals surface area (Å²) in [5.41, 5.74) is 6.98. The molecular weight excluding hydrogens is 352 g/mol. The van der Waals surface area contributed by atoms with Crippen molar-refractivity contribution in [2.24, 2.45) is 5.73 Å². The highest BCUT2D eigenvalue weighted by Gasteiger charge is 2.24. The predicted molar refractivity (Wildman–Crippen MR) is 100 cm³/mol. The summed E-state index contributed by atoms with van der Waals surface area (Å²) in [5, 5.41) is 0. The normalized spacial score (nSPS) is 11.5. The first kappa shape index (κ1) is 20.1. The van der Waals surface area contributed by atoms with Crippen LogP contribution in [0, 0.1) is 0 Å². The number of carbonyl (C=O) groups excluding carboxylic acids is 1. The van der Waals surface area contributed by atoms with Gasteiger partial charge in [0, 0.05) is 19.6 Å². The summed E-state index contributed by atoms with van der Waals surface area (Å²) in [6, 6.07) is 15.5. The van der Waals surface area contributed by atoms with Crippen molar-refractivity contribution in [3.05, 3.63) is 65.7 Å². The van der Waals surface area contributed by atoms with E-state index in [-0.39, 0.29) is 24.6 Å². The van der Waals surface area contributed by atoms with Gasteiger partial charge in [-0.25, -0.2) is 13.2 Å². The average Bonchev–Trinajstić information content (AvgIpc) is 2.66. The van der Waals surface area contributed by atoms with Crippen molar-refractivity contribution in [3.8, 4) is 0 Å². The van der Waals surface area contributed by atoms with Gasteiger partial charge in [-0.05, 0) is 43.2 Å². The van der Waals surface area contributed by atoms with E-state index in [1.165, 1.54) is 28.6 Å². The van der Waals surface area contributed by atoms with Crippen LogP contribution in [0.3, 0.4) is 0 Å². The van der Waals surface area contributed by atoms with Gasteiger partial charge in [-0.2, -0.15) is 4.31 Å². The van der Waals surface area contributed by atoms with Crippen LogP contribution in [0.4, 0.5) is 0 Å². The summed E-state index contributed by atoms with van der Waals surface area (Å²) in [4.78, 5) is 11.8. The molecule has 140 valence electrons. The minimum atomic E-state index is -3.69. The van der Waals surface area contributed by atoms with E-state index >= 15 is 0 Å². The summed E-state index contributed by atoms with van der Waals surface area (Å²) >= 11 is 0. The maximum Gasteiger partial charge on any atom is 0.338 e. The van der Waals surface area contributed by atoms with Crippen LogP contribution in [0.15, 0.2) is 59.5 Å². The summed E-state index contributed by atoms with van der Waals surface area (Å²) in [5.74, 6) is -0.473. The van der Waals surface area contributed by atoms with Gasteiger partial charge in [0.25, 0.3) is 0 Å². The summed E-state index contributed by atoms with van der Waals surface area (Å²) in [6.45, 7) is 2.78. The molecule has 0 radical (unpaired) electrons. The average molecular weight is 376 g/mol. The fourth-order valence-corrected chi connectivity index (χ4v) is 3.98. The Morgan fingerprint density at radius 2 is 1.69 bits per heavy atom. The number of sulfonamides is 1. The van der Waals surface area contributed by atoms with Crippen LogP contribution in [0.1, 0.15) is 22.8 Å². The van der Waals surface area contributed by atoms with Gasteiger partial charge in [-0.15, -0.1) is 0 Å². The molecule has 0 aromatic heterocycles. The van der Waals surface area contributed by atoms with E-state index in [2.05, 4.69) is 0 Å². The zero-order chi connectivity index (χ0) is 19.0. The second-order valence-corrected chi connectivity index (χ2v) is 7.61. The Morgan fingerprint density at radius 3 is 2.27 bits per heavy atom. The van der Waals surface area contributed by atoms with Gasteiger partial charge < -0.3 is 10.5 Å². The van der Waals surface area contributed by atoms with Gasteiger partial charge in [-0.1, -0.05) is 30.3 Å². The topological polar surface area (TPSA) is 89.7 Å². The van der Waals surface area contributed by atoms with E-state index in [9.17, 15) is 13.2 Å². The van der Waals surface area contributed by atoms with E-state index in [0.29, 0.717) is 18.5 Å². The molecule has 0 aliphatic heterocycles. The lowest BCUT2D eigenvalue weighted by molar-refractivity contribution is 0.0526. The maximum atomic E-state index is 12.9. The van der Waals surface area contributed by atoms with Crippen LogP contribution in [-0.4, -0.2) is 44.9 Å². The van der Waals surface area contributed by atoms with E-state index < -0.39 is 16.0 Å². The van der Waals surface area contributed by atoms with Gasteiger partial charge in [0.2, 0.25) is 10.0 Å². The Morgan fingerprint density at radius 1 is 1.04 bits per heavy atom. The molecule has 0 spiro atoms. The number of esters is 1. The van der Waals surface area contributed by atoms with Crippen LogP contribution in [0.25, 0.3) is 0 Å². The van der Waals surface area contributed by atoms with E-state index in [0.717, 1.165) is 5.56 Å². The van der Waals surface area contributed by atoms with Crippen molar-refractivity contribution in [2.45, 2.75) is 18.2 Å². The van der Waals surface area contributed by atoms with Gasteiger partial charge in [-0.3, -0.25) is 0 Å². The predicted octanol–water partition coefficient (Wildman–Crippen LogP) is 2.06. The van der Waals surface area contributed by atoms with Crippen molar-refractivity contribution < 1.29 is 17.9 Å². The highest BCUT2D eigenvalue weighted by Crippen LogP contribution is 2.17. The highest BCUT2D eigenvalue weighted by molar-refractivity contribution is 7.89. The van der Waals surface area contributed by atoms with Crippen LogP contribution in [0.5, 0.6) is 0 Å². The Balaban J connectivity index is 2.16. The number of ether oxygens (including phenoxy) is 1. The molecule has 0 aliphatic rings. The molecule has 0 amide bonds. The van der Waals surface area contributed by atoms with E-state index in [1.807, 2.05) is 30.3 Å². The van der Waals surface area contributed by atoms with Crippen molar-refractivity contribution >= 4 is 16.0 Å². The monoisotopic (exact) mass is 376 g/mol. The Bertz CT molecular complexity index is 805. The first-order valence-corrected chi connectivity index (χ1v) is 9.94. The Kier molecular flexibility index (Phi) is 7.32. The molecule has 2 aromatic rings. The number of hydrogen-bond acceptors (Lipinski definition) is 5. The lowest BCUT2D eigenvalue weighted by atomic mass is 10.1. The van der Waals surface area contributed by atoms with Crippen molar-refractivity contribution in [2.75, 3.05) is 26.2 Å². The number of nitrogens with two attached hydrogens (primary N) is 1. The first-order valence-electron chi connectivity index (χ1n) is 8.50. The van der Waals surface area contributed by atoms with Crippen LogP contribution in [0.2, 0.25) is 0 Å². The van der Waals surface area contributed by atoms with Crippen LogP contribution >= 0.6 is 0 Å². The quantitative estimate of drug-likeness (QED) is 0.677. The first-order chi connectivity index (χ1) is 12.5. The fourth-order valence-electron chi connectivity index (χ4n) is 2.52. The van der Waals surface area contributed by atoms with Gasteiger partial charge in [0.1, 0.15) is 0 Å². The molecular formula is C19H24N2O4S. The fraction of sp³-hybridized carbons (Fsp3) is 0.316. The molecule has 0 unspecified atom stereocenters. The summed E-state index contributed by atoms with van der Waals surface area (Å²) in [7, 11) is -3.69. The molecule has 2 rings (SSSR count). The molecule has 6 nitrogen and oxygen atoms in total. The third-order valence-electron chi connectivity index (χ3n) is 3.87. The number of rotatable bonds is 9. The zero-order valence-corrected chi connectivity index (χ0v) is 15.6. The molecule has 0 saturated carbocycles. The molecule has 0 bridgehead atoms. The molecule has 0 aliphatic carbocycles. The van der Waals surface area contributed by atoms with Gasteiger partial charge in [0.15, 0.2) is 0 Å². The third kappa shape index (κ3) is 5.14. The second-order valence-electron chi connectivity index (χ2n) is 5.67. The van der Waals surface area contributed by atoms with Crippen molar-refractivity contribution in [1.82, 2.24) is 4.31 Å². The molecule has 7 heteroatoms. The van der Waals surface area contributed by atoms with Crippen LogP contribution in [-0.2, 0) is 21.2 Å². The molecule has 0 fully saturated rings. The Hall–Kier alpha value is -2.22. The molecule has 2 N–H and O–H groups in total. The smallest absolute Gasteiger partial charge is 0.338 e. The number of nitrogens with zero attached hydrogens (tertiary/aromatic N) is 1. The number of hydrogen-bond donors (Lipinski definition) is 1.